The SMILES string of the molecule is C=CCO[C@H]1C[C@@H](C)C=C2C=C[C@H](C)[C@H](CC[C@@H]3C[C@@H](O)CC(=O)O3)[C@H]21. The minimum absolute atomic E-state index is 0.129. The Labute approximate surface area is 156 Å². The molecule has 0 amide bonds. The molecule has 1 N–H and O–H groups in total. The van der Waals surface area contributed by atoms with Crippen LogP contribution in [0.3, 0.4) is 0 Å². The van der Waals surface area contributed by atoms with Crippen LogP contribution in [-0.2, 0) is 14.3 Å². The summed E-state index contributed by atoms with van der Waals surface area (Å²) in [6.07, 6.45) is 11.8. The highest BCUT2D eigenvalue weighted by atomic mass is 16.5. The minimum Gasteiger partial charge on any atom is -0.462 e. The van der Waals surface area contributed by atoms with Gasteiger partial charge in [0.05, 0.1) is 25.2 Å². The predicted octanol–water partition coefficient (Wildman–Crippen LogP) is 3.81. The minimum atomic E-state index is -0.556. The van der Waals surface area contributed by atoms with Gasteiger partial charge >= 0.3 is 5.97 Å². The second-order valence-electron chi connectivity index (χ2n) is 8.23. The highest BCUT2D eigenvalue weighted by Gasteiger charge is 2.40. The third-order valence-electron chi connectivity index (χ3n) is 6.08. The standard InChI is InChI=1S/C22H32O4/c1-4-9-25-20-11-14(2)10-16-6-5-15(3)19(22(16)20)8-7-18-12-17(23)13-21(24)26-18/h4-6,10,14-15,17-20,22-23H,1,7-9,11-13H2,2-3H3/t14-,15-,17+,18+,19-,20-,22-/m0/s1. The van der Waals surface area contributed by atoms with Crippen LogP contribution in [0.25, 0.3) is 0 Å². The van der Waals surface area contributed by atoms with Crippen molar-refractivity contribution in [3.8, 4) is 0 Å². The number of ether oxygens (including phenoxy) is 2. The van der Waals surface area contributed by atoms with E-state index in [1.165, 1.54) is 5.57 Å². The number of allylic oxidation sites excluding steroid dienone is 3. The molecule has 2 aliphatic carbocycles. The number of aliphatic hydroxyl groups is 1. The van der Waals surface area contributed by atoms with Gasteiger partial charge in [-0.15, -0.1) is 6.58 Å². The van der Waals surface area contributed by atoms with Crippen molar-refractivity contribution in [1.29, 1.82) is 0 Å². The molecular weight excluding hydrogens is 328 g/mol. The van der Waals surface area contributed by atoms with Gasteiger partial charge in [0.1, 0.15) is 6.10 Å². The van der Waals surface area contributed by atoms with E-state index in [1.54, 1.807) is 0 Å². The second kappa shape index (κ2) is 8.53. The van der Waals surface area contributed by atoms with Crippen molar-refractivity contribution in [2.75, 3.05) is 6.61 Å². The molecule has 26 heavy (non-hydrogen) atoms. The van der Waals surface area contributed by atoms with E-state index >= 15 is 0 Å². The zero-order valence-electron chi connectivity index (χ0n) is 16.0. The number of cyclic esters (lactones) is 1. The Morgan fingerprint density at radius 2 is 2.15 bits per heavy atom. The zero-order valence-corrected chi connectivity index (χ0v) is 16.0. The molecule has 4 heteroatoms. The monoisotopic (exact) mass is 360 g/mol. The molecule has 0 aromatic carbocycles. The molecule has 1 fully saturated rings. The van der Waals surface area contributed by atoms with Crippen LogP contribution in [0.2, 0.25) is 0 Å². The summed E-state index contributed by atoms with van der Waals surface area (Å²) in [5.41, 5.74) is 1.39. The van der Waals surface area contributed by atoms with Crippen molar-refractivity contribution < 1.29 is 19.4 Å². The normalized spacial score (nSPS) is 39.7. The molecule has 0 aromatic heterocycles. The Bertz CT molecular complexity index is 579. The highest BCUT2D eigenvalue weighted by molar-refractivity contribution is 5.70. The van der Waals surface area contributed by atoms with E-state index in [2.05, 4.69) is 38.7 Å². The molecule has 4 nitrogen and oxygen atoms in total. The number of carbonyl (C=O) groups is 1. The van der Waals surface area contributed by atoms with Crippen molar-refractivity contribution >= 4 is 5.97 Å². The number of fused-ring (bicyclic) bond motifs is 1. The third-order valence-corrected chi connectivity index (χ3v) is 6.08. The van der Waals surface area contributed by atoms with Crippen molar-refractivity contribution in [1.82, 2.24) is 0 Å². The Morgan fingerprint density at radius 1 is 1.35 bits per heavy atom. The topological polar surface area (TPSA) is 55.8 Å². The fourth-order valence-electron chi connectivity index (χ4n) is 4.88. The molecule has 0 aromatic rings. The Balaban J connectivity index is 1.71. The van der Waals surface area contributed by atoms with E-state index in [4.69, 9.17) is 9.47 Å². The number of aliphatic hydroxyl groups excluding tert-OH is 1. The van der Waals surface area contributed by atoms with Gasteiger partial charge < -0.3 is 14.6 Å². The summed E-state index contributed by atoms with van der Waals surface area (Å²) < 4.78 is 11.6. The van der Waals surface area contributed by atoms with Crippen LogP contribution in [0.1, 0.15) is 46.0 Å². The summed E-state index contributed by atoms with van der Waals surface area (Å²) in [5.74, 6) is 1.56. The number of esters is 1. The lowest BCUT2D eigenvalue weighted by atomic mass is 9.65. The first-order chi connectivity index (χ1) is 12.5. The van der Waals surface area contributed by atoms with Gasteiger partial charge in [-0.3, -0.25) is 4.79 Å². The molecule has 1 saturated heterocycles. The van der Waals surface area contributed by atoms with Crippen LogP contribution in [0.4, 0.5) is 0 Å². The summed E-state index contributed by atoms with van der Waals surface area (Å²) in [5, 5.41) is 9.84. The van der Waals surface area contributed by atoms with Gasteiger partial charge in [0, 0.05) is 12.3 Å². The smallest absolute Gasteiger partial charge is 0.308 e. The van der Waals surface area contributed by atoms with Crippen molar-refractivity contribution in [2.24, 2.45) is 23.7 Å². The van der Waals surface area contributed by atoms with E-state index < -0.39 is 6.10 Å². The van der Waals surface area contributed by atoms with Crippen LogP contribution >= 0.6 is 0 Å². The largest absolute Gasteiger partial charge is 0.462 e. The molecule has 0 spiro atoms. The number of rotatable bonds is 6. The number of carbonyl (C=O) groups excluding carboxylic acids is 1. The predicted molar refractivity (Wildman–Crippen MR) is 101 cm³/mol. The molecular formula is C22H32O4. The second-order valence-corrected chi connectivity index (χ2v) is 8.23. The lowest BCUT2D eigenvalue weighted by Gasteiger charge is -2.43. The van der Waals surface area contributed by atoms with Crippen LogP contribution in [0, 0.1) is 23.7 Å². The van der Waals surface area contributed by atoms with Crippen LogP contribution in [0.5, 0.6) is 0 Å². The van der Waals surface area contributed by atoms with Gasteiger partial charge in [0.2, 0.25) is 0 Å². The average molecular weight is 360 g/mol. The van der Waals surface area contributed by atoms with Gasteiger partial charge in [0.15, 0.2) is 0 Å². The fourth-order valence-corrected chi connectivity index (χ4v) is 4.88. The van der Waals surface area contributed by atoms with Crippen LogP contribution in [0.15, 0.2) is 36.5 Å². The molecule has 0 radical (unpaired) electrons. The molecule has 3 aliphatic rings. The molecule has 3 rings (SSSR count). The summed E-state index contributed by atoms with van der Waals surface area (Å²) >= 11 is 0. The third kappa shape index (κ3) is 4.47. The average Bonchev–Trinajstić information content (AvgIpc) is 2.58. The molecule has 0 bridgehead atoms. The maximum Gasteiger partial charge on any atom is 0.308 e. The van der Waals surface area contributed by atoms with Gasteiger partial charge in [-0.1, -0.05) is 38.2 Å². The fraction of sp³-hybridized carbons (Fsp3) is 0.682. The summed E-state index contributed by atoms with van der Waals surface area (Å²) in [7, 11) is 0. The van der Waals surface area contributed by atoms with E-state index in [9.17, 15) is 9.90 Å². The van der Waals surface area contributed by atoms with Crippen LogP contribution in [-0.4, -0.2) is 36.0 Å². The number of hydrogen-bond donors (Lipinski definition) is 1. The molecule has 7 atom stereocenters. The summed E-state index contributed by atoms with van der Waals surface area (Å²) in [6, 6.07) is 0. The zero-order chi connectivity index (χ0) is 18.7. The lowest BCUT2D eigenvalue weighted by molar-refractivity contribution is -0.160. The summed E-state index contributed by atoms with van der Waals surface area (Å²) in [6.45, 7) is 8.88. The Morgan fingerprint density at radius 3 is 2.88 bits per heavy atom. The van der Waals surface area contributed by atoms with E-state index in [-0.39, 0.29) is 24.6 Å². The molecule has 1 heterocycles. The van der Waals surface area contributed by atoms with E-state index in [0.717, 1.165) is 19.3 Å². The molecule has 144 valence electrons. The Kier molecular flexibility index (Phi) is 6.36. The van der Waals surface area contributed by atoms with Gasteiger partial charge in [-0.05, 0) is 42.6 Å². The van der Waals surface area contributed by atoms with Gasteiger partial charge in [-0.2, -0.15) is 0 Å². The highest BCUT2D eigenvalue weighted by Crippen LogP contribution is 2.45. The maximum atomic E-state index is 11.6. The summed E-state index contributed by atoms with van der Waals surface area (Å²) in [4.78, 5) is 11.6. The quantitative estimate of drug-likeness (QED) is 0.578. The lowest BCUT2D eigenvalue weighted by Crippen LogP contribution is -2.40. The molecule has 0 unspecified atom stereocenters. The van der Waals surface area contributed by atoms with E-state index in [0.29, 0.717) is 36.7 Å². The maximum absolute atomic E-state index is 11.6. The van der Waals surface area contributed by atoms with Crippen molar-refractivity contribution in [3.63, 3.8) is 0 Å². The first-order valence-electron chi connectivity index (χ1n) is 9.98. The Hall–Kier alpha value is -1.39. The van der Waals surface area contributed by atoms with E-state index in [1.807, 2.05) is 6.08 Å². The van der Waals surface area contributed by atoms with Crippen molar-refractivity contribution in [2.45, 2.75) is 64.3 Å². The molecule has 0 saturated carbocycles. The first kappa shape index (κ1) is 19.4. The number of hydrogen-bond acceptors (Lipinski definition) is 4. The first-order valence-corrected chi connectivity index (χ1v) is 9.98. The van der Waals surface area contributed by atoms with Gasteiger partial charge in [0.25, 0.3) is 0 Å². The van der Waals surface area contributed by atoms with Crippen molar-refractivity contribution in [3.05, 3.63) is 36.5 Å². The molecule has 1 aliphatic heterocycles. The van der Waals surface area contributed by atoms with Crippen LogP contribution < -0.4 is 0 Å². The van der Waals surface area contributed by atoms with Gasteiger partial charge in [-0.25, -0.2) is 0 Å².